The highest BCUT2D eigenvalue weighted by Gasteiger charge is 2.30. The second-order valence-electron chi connectivity index (χ2n) is 8.02. The van der Waals surface area contributed by atoms with Crippen LogP contribution in [0, 0.1) is 0 Å². The lowest BCUT2D eigenvalue weighted by molar-refractivity contribution is -0.193. The molecule has 11 nitrogen and oxygen atoms in total. The molecule has 0 saturated carbocycles. The second kappa shape index (κ2) is 18.5. The Bertz CT molecular complexity index is 1140. The van der Waals surface area contributed by atoms with Crippen LogP contribution in [0.3, 0.4) is 0 Å². The Morgan fingerprint density at radius 2 is 1.15 bits per heavy atom. The van der Waals surface area contributed by atoms with Crippen LogP contribution in [-0.4, -0.2) is 47.9 Å². The Balaban J connectivity index is 0.00000220. The number of amides is 1. The maximum absolute atomic E-state index is 12.8. The highest BCUT2D eigenvalue weighted by molar-refractivity contribution is 5.98. The van der Waals surface area contributed by atoms with Gasteiger partial charge in [0.1, 0.15) is 11.5 Å². The number of hydrogen-bond donors (Lipinski definition) is 1. The van der Waals surface area contributed by atoms with Gasteiger partial charge in [0.25, 0.3) is 0 Å². The molecule has 1 N–H and O–H groups in total. The summed E-state index contributed by atoms with van der Waals surface area (Å²) in [6, 6.07) is 13.3. The van der Waals surface area contributed by atoms with Crippen LogP contribution in [0.1, 0.15) is 74.1 Å². The van der Waals surface area contributed by atoms with Crippen molar-refractivity contribution in [3.8, 4) is 11.5 Å². The molecule has 0 aromatic heterocycles. The molecule has 0 bridgehead atoms. The van der Waals surface area contributed by atoms with Gasteiger partial charge in [-0.2, -0.15) is 19.2 Å². The predicted molar refractivity (Wildman–Crippen MR) is 135 cm³/mol. The molecule has 11 heteroatoms. The number of ether oxygens (including phenoxy) is 2. The van der Waals surface area contributed by atoms with Crippen LogP contribution in [0.4, 0.5) is 0 Å². The number of esters is 1. The summed E-state index contributed by atoms with van der Waals surface area (Å²) in [5, 5.41) is 2.93. The molecule has 0 aliphatic heterocycles. The number of carbonyl (C=O) groups excluding carboxylic acids is 8. The van der Waals surface area contributed by atoms with E-state index in [1.807, 2.05) is 13.8 Å². The summed E-state index contributed by atoms with van der Waals surface area (Å²) >= 11 is 0. The molecule has 0 saturated heterocycles. The van der Waals surface area contributed by atoms with E-state index in [9.17, 15) is 19.2 Å². The van der Waals surface area contributed by atoms with E-state index in [0.717, 1.165) is 0 Å². The Kier molecular flexibility index (Phi) is 16.3. The third-order valence-electron chi connectivity index (χ3n) is 5.53. The lowest BCUT2D eigenvalue weighted by Gasteiger charge is -2.32. The van der Waals surface area contributed by atoms with Crippen molar-refractivity contribution >= 4 is 35.7 Å². The molecule has 39 heavy (non-hydrogen) atoms. The average Bonchev–Trinajstić information content (AvgIpc) is 2.92. The Labute approximate surface area is 225 Å². The van der Waals surface area contributed by atoms with Crippen LogP contribution >= 0.6 is 0 Å². The summed E-state index contributed by atoms with van der Waals surface area (Å²) in [5.41, 5.74) is 0.412. The molecule has 2 aromatic carbocycles. The second-order valence-corrected chi connectivity index (χ2v) is 8.02. The zero-order chi connectivity index (χ0) is 29.8. The smallest absolute Gasteiger partial charge is 0.373 e. The molecule has 208 valence electrons. The van der Waals surface area contributed by atoms with E-state index in [1.54, 1.807) is 55.5 Å². The van der Waals surface area contributed by atoms with Crippen molar-refractivity contribution in [2.75, 3.05) is 6.61 Å². The summed E-state index contributed by atoms with van der Waals surface area (Å²) in [6.45, 7) is 6.75. The minimum atomic E-state index is -0.549. The van der Waals surface area contributed by atoms with Crippen molar-refractivity contribution in [1.82, 2.24) is 5.32 Å². The maximum atomic E-state index is 12.8. The summed E-state index contributed by atoms with van der Waals surface area (Å²) in [6.07, 6.45) is 2.27. The fourth-order valence-electron chi connectivity index (χ4n) is 3.39. The van der Waals surface area contributed by atoms with Gasteiger partial charge in [-0.05, 0) is 61.4 Å². The normalized spacial score (nSPS) is 9.64. The number of ketones is 2. The lowest BCUT2D eigenvalue weighted by atomic mass is 9.85. The van der Waals surface area contributed by atoms with Crippen molar-refractivity contribution in [2.24, 2.45) is 0 Å². The van der Waals surface area contributed by atoms with Crippen molar-refractivity contribution in [3.05, 3.63) is 59.7 Å². The van der Waals surface area contributed by atoms with Crippen LogP contribution in [0.5, 0.6) is 11.5 Å². The molecular weight excluding hydrogens is 510 g/mol. The number of Topliss-reactive ketones (excluding diaryl/α,β-unsaturated/α-hetero) is 2. The van der Waals surface area contributed by atoms with Gasteiger partial charge in [0.2, 0.25) is 5.91 Å². The van der Waals surface area contributed by atoms with Gasteiger partial charge >= 0.3 is 18.3 Å². The predicted octanol–water partition coefficient (Wildman–Crippen LogP) is 3.72. The van der Waals surface area contributed by atoms with E-state index in [-0.39, 0.29) is 49.2 Å². The van der Waals surface area contributed by atoms with E-state index in [4.69, 9.17) is 28.7 Å². The first-order valence-corrected chi connectivity index (χ1v) is 11.9. The topological polar surface area (TPSA) is 167 Å². The fraction of sp³-hybridized carbons (Fsp3) is 0.357. The van der Waals surface area contributed by atoms with Crippen LogP contribution in [-0.2, 0) is 33.5 Å². The summed E-state index contributed by atoms with van der Waals surface area (Å²) < 4.78 is 10.7. The van der Waals surface area contributed by atoms with E-state index in [0.29, 0.717) is 35.5 Å². The monoisotopic (exact) mass is 541 g/mol. The first-order chi connectivity index (χ1) is 18.5. The van der Waals surface area contributed by atoms with Crippen LogP contribution in [0.15, 0.2) is 48.5 Å². The molecule has 0 atom stereocenters. The van der Waals surface area contributed by atoms with Crippen LogP contribution in [0.2, 0.25) is 0 Å². The Hall–Kier alpha value is -4.72. The molecule has 0 unspecified atom stereocenters. The van der Waals surface area contributed by atoms with E-state index >= 15 is 0 Å². The number of rotatable bonds is 12. The molecule has 0 aliphatic carbocycles. The van der Waals surface area contributed by atoms with E-state index in [2.05, 4.69) is 5.32 Å². The Morgan fingerprint density at radius 3 is 1.51 bits per heavy atom. The standard InChI is InChI=1S/C26H31NO6.2CO2/c1-5-25(31)32-17-24(30)20-10-14-22(15-11-20)33-21-12-8-19(9-13-21)23(29)16-26(6-2,7-3)27-18(4)28;2*2-1-3/h8-15H,5-7,16-17H2,1-4H3,(H,27,28);;. The zero-order valence-electron chi connectivity index (χ0n) is 22.2. The van der Waals surface area contributed by atoms with Gasteiger partial charge in [-0.25, -0.2) is 0 Å². The summed E-state index contributed by atoms with van der Waals surface area (Å²) in [5.74, 6) is 0.158. The number of benzene rings is 2. The maximum Gasteiger partial charge on any atom is 0.373 e. The van der Waals surface area contributed by atoms with Crippen molar-refractivity contribution in [1.29, 1.82) is 0 Å². The largest absolute Gasteiger partial charge is 0.457 e. The third-order valence-corrected chi connectivity index (χ3v) is 5.53. The first kappa shape index (κ1) is 34.3. The molecule has 2 aromatic rings. The van der Waals surface area contributed by atoms with Gasteiger partial charge < -0.3 is 14.8 Å². The Morgan fingerprint density at radius 1 is 0.744 bits per heavy atom. The fourth-order valence-corrected chi connectivity index (χ4v) is 3.39. The number of nitrogens with one attached hydrogen (secondary N) is 1. The number of carbonyl (C=O) groups is 4. The molecule has 0 fully saturated rings. The average molecular weight is 542 g/mol. The summed E-state index contributed by atoms with van der Waals surface area (Å²) in [4.78, 5) is 80.1. The third kappa shape index (κ3) is 12.9. The van der Waals surface area contributed by atoms with Gasteiger partial charge in [0.15, 0.2) is 18.2 Å². The van der Waals surface area contributed by atoms with Crippen molar-refractivity contribution in [3.63, 3.8) is 0 Å². The molecular formula is C28H31NO10. The van der Waals surface area contributed by atoms with E-state index < -0.39 is 11.5 Å². The van der Waals surface area contributed by atoms with Gasteiger partial charge in [-0.15, -0.1) is 0 Å². The molecule has 1 amide bonds. The van der Waals surface area contributed by atoms with Gasteiger partial charge in [0.05, 0.1) is 0 Å². The highest BCUT2D eigenvalue weighted by Crippen LogP contribution is 2.25. The number of hydrogen-bond acceptors (Lipinski definition) is 10. The molecule has 0 heterocycles. The van der Waals surface area contributed by atoms with Crippen LogP contribution < -0.4 is 10.1 Å². The molecule has 0 aliphatic rings. The van der Waals surface area contributed by atoms with Crippen molar-refractivity contribution in [2.45, 2.75) is 58.9 Å². The highest BCUT2D eigenvalue weighted by atomic mass is 16.5. The minimum Gasteiger partial charge on any atom is -0.457 e. The zero-order valence-corrected chi connectivity index (χ0v) is 22.2. The molecule has 2 rings (SSSR count). The first-order valence-electron chi connectivity index (χ1n) is 11.9. The van der Waals surface area contributed by atoms with Crippen LogP contribution in [0.25, 0.3) is 0 Å². The van der Waals surface area contributed by atoms with Gasteiger partial charge in [-0.3, -0.25) is 19.2 Å². The lowest BCUT2D eigenvalue weighted by Crippen LogP contribution is -2.48. The quantitative estimate of drug-likeness (QED) is 0.309. The summed E-state index contributed by atoms with van der Waals surface area (Å²) in [7, 11) is 0. The SMILES string of the molecule is CCC(=O)OCC(=O)c1ccc(Oc2ccc(C(=O)CC(CC)(CC)NC(C)=O)cc2)cc1.O=C=O.O=C=O. The molecule has 0 radical (unpaired) electrons. The molecule has 0 spiro atoms. The van der Waals surface area contributed by atoms with E-state index in [1.165, 1.54) is 6.92 Å². The van der Waals surface area contributed by atoms with Gasteiger partial charge in [-0.1, -0.05) is 20.8 Å². The van der Waals surface area contributed by atoms with Crippen molar-refractivity contribution < 1.29 is 47.8 Å². The van der Waals surface area contributed by atoms with Gasteiger partial charge in [0, 0.05) is 36.4 Å². The minimum absolute atomic E-state index is 0.0503.